The second-order valence-electron chi connectivity index (χ2n) is 13.1. The normalized spacial score (nSPS) is 35.1. The average molecular weight is 593 g/mol. The van der Waals surface area contributed by atoms with Gasteiger partial charge in [0.1, 0.15) is 11.4 Å². The molecular formula is C31H37FN6O3S. The highest BCUT2D eigenvalue weighted by Crippen LogP contribution is 2.68. The van der Waals surface area contributed by atoms with Gasteiger partial charge in [0, 0.05) is 19.6 Å². The lowest BCUT2D eigenvalue weighted by atomic mass is 9.45. The number of aliphatic hydroxyl groups excluding tert-OH is 1. The second-order valence-corrected chi connectivity index (χ2v) is 14.0. The fraction of sp³-hybridized carbons (Fsp3) is 0.581. The van der Waals surface area contributed by atoms with Crippen LogP contribution in [-0.2, 0) is 23.0 Å². The van der Waals surface area contributed by atoms with Gasteiger partial charge < -0.3 is 9.84 Å². The summed E-state index contributed by atoms with van der Waals surface area (Å²) in [5.74, 6) is 0.648. The van der Waals surface area contributed by atoms with Crippen LogP contribution in [0, 0.1) is 34.4 Å². The zero-order valence-electron chi connectivity index (χ0n) is 24.5. The Kier molecular flexibility index (Phi) is 6.53. The first kappa shape index (κ1) is 27.9. The lowest BCUT2D eigenvalue weighted by Gasteiger charge is -2.61. The van der Waals surface area contributed by atoms with E-state index < -0.39 is 17.1 Å². The fourth-order valence-electron chi connectivity index (χ4n) is 9.46. The molecule has 2 aromatic heterocycles. The Labute approximate surface area is 248 Å². The van der Waals surface area contributed by atoms with E-state index in [9.17, 15) is 14.3 Å². The summed E-state index contributed by atoms with van der Waals surface area (Å²) in [6, 6.07) is 6.43. The summed E-state index contributed by atoms with van der Waals surface area (Å²) in [6.07, 6.45) is 8.43. The molecule has 4 aliphatic carbocycles. The third kappa shape index (κ3) is 3.85. The number of carbonyl (C=O) groups is 1. The highest BCUT2D eigenvalue weighted by atomic mass is 32.2. The number of methoxy groups -OCH3 is 1. The van der Waals surface area contributed by atoms with Crippen molar-refractivity contribution in [2.45, 2.75) is 69.2 Å². The molecule has 0 saturated heterocycles. The molecule has 0 amide bonds. The summed E-state index contributed by atoms with van der Waals surface area (Å²) in [6.45, 7) is 4.49. The van der Waals surface area contributed by atoms with Crippen molar-refractivity contribution < 1.29 is 19.0 Å². The zero-order chi connectivity index (χ0) is 29.4. The van der Waals surface area contributed by atoms with E-state index in [1.54, 1.807) is 31.0 Å². The topological polar surface area (TPSA) is 108 Å². The quantitative estimate of drug-likeness (QED) is 0.419. The number of aromatic nitrogens is 6. The minimum atomic E-state index is -0.949. The van der Waals surface area contributed by atoms with E-state index in [2.05, 4.69) is 40.5 Å². The predicted octanol–water partition coefficient (Wildman–Crippen LogP) is 4.43. The first-order valence-electron chi connectivity index (χ1n) is 14.8. The minimum Gasteiger partial charge on any atom is -0.393 e. The standard InChI is InChI=1S/C31H37FN6O3S/c1-29-14-18-16-33-38(21-8-6-20(32)7-9-21)24(18)13-19(29)5-10-22-23-11-12-31(41-4,30(23,2)15-25(39)27(22)29)26(40)17-42-28-34-35-36-37(28)3/h6-9,13,16,22-23,25,27,39H,5,10-12,14-15,17H2,1-4H3. The van der Waals surface area contributed by atoms with Crippen LogP contribution < -0.4 is 0 Å². The van der Waals surface area contributed by atoms with Gasteiger partial charge in [-0.25, -0.2) is 13.8 Å². The molecule has 222 valence electrons. The van der Waals surface area contributed by atoms with Gasteiger partial charge in [-0.15, -0.1) is 5.10 Å². The van der Waals surface area contributed by atoms with Crippen LogP contribution >= 0.6 is 11.8 Å². The number of tetrazole rings is 1. The SMILES string of the molecule is COC1(C(=O)CSc2nnnn2C)CCC2C3CCC4=Cc5c(cnn5-c5ccc(F)cc5)CC4(C)C3C(O)CC21C. The molecule has 42 heavy (non-hydrogen) atoms. The fourth-order valence-corrected chi connectivity index (χ4v) is 10.3. The van der Waals surface area contributed by atoms with Gasteiger partial charge in [0.15, 0.2) is 5.78 Å². The van der Waals surface area contributed by atoms with Gasteiger partial charge in [-0.1, -0.05) is 31.2 Å². The lowest BCUT2D eigenvalue weighted by Crippen LogP contribution is -2.62. The maximum atomic E-state index is 14.0. The van der Waals surface area contributed by atoms with Gasteiger partial charge >= 0.3 is 0 Å². The number of benzene rings is 1. The monoisotopic (exact) mass is 592 g/mol. The van der Waals surface area contributed by atoms with Crippen LogP contribution in [0.1, 0.15) is 57.2 Å². The summed E-state index contributed by atoms with van der Waals surface area (Å²) in [5.41, 5.74) is 2.75. The number of ketones is 1. The first-order chi connectivity index (χ1) is 20.1. The zero-order valence-corrected chi connectivity index (χ0v) is 25.3. The van der Waals surface area contributed by atoms with E-state index >= 15 is 0 Å². The van der Waals surface area contributed by atoms with Crippen LogP contribution in [0.3, 0.4) is 0 Å². The molecule has 7 rings (SSSR count). The number of aliphatic hydroxyl groups is 1. The first-order valence-corrected chi connectivity index (χ1v) is 15.8. The van der Waals surface area contributed by atoms with Crippen LogP contribution in [0.15, 0.2) is 41.2 Å². The molecule has 3 saturated carbocycles. The number of hydrogen-bond acceptors (Lipinski definition) is 8. The van der Waals surface area contributed by atoms with Crippen molar-refractivity contribution in [2.75, 3.05) is 12.9 Å². The van der Waals surface area contributed by atoms with Crippen molar-refractivity contribution in [3.63, 3.8) is 0 Å². The van der Waals surface area contributed by atoms with E-state index in [-0.39, 0.29) is 40.5 Å². The second kappa shape index (κ2) is 9.82. The summed E-state index contributed by atoms with van der Waals surface area (Å²) in [4.78, 5) is 14.0. The summed E-state index contributed by atoms with van der Waals surface area (Å²) >= 11 is 1.33. The van der Waals surface area contributed by atoms with Crippen LogP contribution in [0.2, 0.25) is 0 Å². The molecule has 4 aliphatic rings. The van der Waals surface area contributed by atoms with Crippen molar-refractivity contribution in [1.82, 2.24) is 30.0 Å². The van der Waals surface area contributed by atoms with Crippen LogP contribution in [0.25, 0.3) is 11.8 Å². The number of allylic oxidation sites excluding steroid dienone is 1. The molecule has 0 radical (unpaired) electrons. The summed E-state index contributed by atoms with van der Waals surface area (Å²) < 4.78 is 23.3. The number of nitrogens with zero attached hydrogens (tertiary/aromatic N) is 6. The third-order valence-corrected chi connectivity index (χ3v) is 12.3. The average Bonchev–Trinajstić information content (AvgIpc) is 3.65. The van der Waals surface area contributed by atoms with E-state index in [1.807, 2.05) is 10.9 Å². The molecule has 0 aliphatic heterocycles. The van der Waals surface area contributed by atoms with E-state index in [4.69, 9.17) is 4.74 Å². The maximum absolute atomic E-state index is 14.0. The van der Waals surface area contributed by atoms with Crippen LogP contribution in [0.4, 0.5) is 4.39 Å². The Morgan fingerprint density at radius 1 is 1.24 bits per heavy atom. The molecule has 3 fully saturated rings. The van der Waals surface area contributed by atoms with E-state index in [0.29, 0.717) is 18.0 Å². The van der Waals surface area contributed by atoms with Crippen LogP contribution in [0.5, 0.6) is 0 Å². The Morgan fingerprint density at radius 3 is 2.74 bits per heavy atom. The van der Waals surface area contributed by atoms with Gasteiger partial charge in [-0.05, 0) is 108 Å². The van der Waals surface area contributed by atoms with E-state index in [0.717, 1.165) is 42.6 Å². The Bertz CT molecular complexity index is 1570. The molecule has 0 bridgehead atoms. The smallest absolute Gasteiger partial charge is 0.209 e. The molecule has 1 aromatic carbocycles. The molecule has 11 heteroatoms. The highest BCUT2D eigenvalue weighted by Gasteiger charge is 2.69. The highest BCUT2D eigenvalue weighted by molar-refractivity contribution is 7.99. The van der Waals surface area contributed by atoms with E-state index in [1.165, 1.54) is 29.5 Å². The molecule has 0 spiro atoms. The number of thioether (sulfide) groups is 1. The molecule has 7 atom stereocenters. The molecule has 3 aromatic rings. The van der Waals surface area contributed by atoms with Gasteiger partial charge in [0.05, 0.1) is 29.4 Å². The van der Waals surface area contributed by atoms with Crippen molar-refractivity contribution in [3.05, 3.63) is 53.1 Å². The number of aryl methyl sites for hydroxylation is 1. The van der Waals surface area contributed by atoms with Crippen LogP contribution in [-0.4, -0.2) is 65.4 Å². The van der Waals surface area contributed by atoms with Crippen molar-refractivity contribution in [2.24, 2.45) is 35.6 Å². The number of hydrogen-bond donors (Lipinski definition) is 1. The van der Waals surface area contributed by atoms with Gasteiger partial charge in [-0.2, -0.15) is 5.10 Å². The van der Waals surface area contributed by atoms with Crippen molar-refractivity contribution >= 4 is 23.6 Å². The minimum absolute atomic E-state index is 0.0479. The number of halogens is 1. The Hall–Kier alpha value is -2.89. The van der Waals surface area contributed by atoms with Gasteiger partial charge in [0.2, 0.25) is 5.16 Å². The predicted molar refractivity (Wildman–Crippen MR) is 155 cm³/mol. The Morgan fingerprint density at radius 2 is 2.02 bits per heavy atom. The summed E-state index contributed by atoms with van der Waals surface area (Å²) in [7, 11) is 3.42. The lowest BCUT2D eigenvalue weighted by molar-refractivity contribution is -0.185. The van der Waals surface area contributed by atoms with Gasteiger partial charge in [0.25, 0.3) is 0 Å². The molecule has 1 N–H and O–H groups in total. The number of carbonyl (C=O) groups excluding carboxylic acids is 1. The number of fused-ring (bicyclic) bond motifs is 6. The van der Waals surface area contributed by atoms with Crippen molar-refractivity contribution in [3.8, 4) is 5.69 Å². The third-order valence-electron chi connectivity index (χ3n) is 11.3. The van der Waals surface area contributed by atoms with Gasteiger partial charge in [-0.3, -0.25) is 4.79 Å². The largest absolute Gasteiger partial charge is 0.393 e. The van der Waals surface area contributed by atoms with Crippen molar-refractivity contribution in [1.29, 1.82) is 0 Å². The summed E-state index contributed by atoms with van der Waals surface area (Å²) in [5, 5.41) is 28.9. The Balaban J connectivity index is 1.18. The molecule has 9 nitrogen and oxygen atoms in total. The number of ether oxygens (including phenoxy) is 1. The number of Topliss-reactive ketones (excluding diaryl/α,β-unsaturated/α-hetero) is 1. The molecule has 7 unspecified atom stereocenters. The molecular weight excluding hydrogens is 555 g/mol. The number of rotatable bonds is 6. The maximum Gasteiger partial charge on any atom is 0.209 e. The molecule has 2 heterocycles.